The lowest BCUT2D eigenvalue weighted by atomic mass is 10.0. The van der Waals surface area contributed by atoms with E-state index in [9.17, 15) is 23.1 Å². The summed E-state index contributed by atoms with van der Waals surface area (Å²) in [6.07, 6.45) is -5.07. The lowest BCUT2D eigenvalue weighted by Crippen LogP contribution is -2.57. The number of rotatable bonds is 5. The van der Waals surface area contributed by atoms with Gasteiger partial charge >= 0.3 is 6.18 Å². The van der Waals surface area contributed by atoms with Gasteiger partial charge in [-0.15, -0.1) is 0 Å². The van der Waals surface area contributed by atoms with E-state index in [-0.39, 0.29) is 0 Å². The standard InChI is InChI=1S/C17H14ClF3O3/c1-16(15(22)23,17(19,20)21)24-10-11-2-4-12(5-3-11)13-6-8-14(18)9-7-13/h2-9H,10H2,1H3,(H,22,23)/p-1. The van der Waals surface area contributed by atoms with Gasteiger partial charge in [-0.3, -0.25) is 0 Å². The Balaban J connectivity index is 2.12. The minimum atomic E-state index is -5.07. The van der Waals surface area contributed by atoms with Crippen molar-refractivity contribution in [3.8, 4) is 11.1 Å². The Labute approximate surface area is 141 Å². The Kier molecular flexibility index (Phi) is 5.20. The fourth-order valence-corrected chi connectivity index (χ4v) is 2.05. The summed E-state index contributed by atoms with van der Waals surface area (Å²) < 4.78 is 43.1. The molecule has 0 saturated heterocycles. The zero-order valence-electron chi connectivity index (χ0n) is 12.6. The second kappa shape index (κ2) is 6.83. The van der Waals surface area contributed by atoms with Crippen LogP contribution in [0.5, 0.6) is 0 Å². The molecule has 0 spiro atoms. The van der Waals surface area contributed by atoms with E-state index in [2.05, 4.69) is 4.74 Å². The molecule has 24 heavy (non-hydrogen) atoms. The number of carboxylic acid groups (broad SMARTS) is 1. The molecule has 0 saturated carbocycles. The summed E-state index contributed by atoms with van der Waals surface area (Å²) in [5.41, 5.74) is -1.22. The molecule has 0 N–H and O–H groups in total. The number of carbonyl (C=O) groups excluding carboxylic acids is 1. The molecule has 0 radical (unpaired) electrons. The van der Waals surface area contributed by atoms with E-state index in [1.54, 1.807) is 36.4 Å². The third-order valence-electron chi connectivity index (χ3n) is 3.59. The SMILES string of the molecule is CC(OCc1ccc(-c2ccc(Cl)cc2)cc1)(C(=O)[O-])C(F)(F)F. The Morgan fingerprint density at radius 1 is 1.04 bits per heavy atom. The topological polar surface area (TPSA) is 49.4 Å². The highest BCUT2D eigenvalue weighted by atomic mass is 35.5. The maximum absolute atomic E-state index is 12.8. The number of aliphatic carboxylic acids is 1. The molecule has 1 unspecified atom stereocenters. The lowest BCUT2D eigenvalue weighted by Gasteiger charge is -2.32. The molecule has 0 aromatic heterocycles. The molecule has 0 aliphatic rings. The Morgan fingerprint density at radius 2 is 1.50 bits per heavy atom. The Hall–Kier alpha value is -2.05. The van der Waals surface area contributed by atoms with E-state index >= 15 is 0 Å². The van der Waals surface area contributed by atoms with E-state index in [1.807, 2.05) is 12.1 Å². The Morgan fingerprint density at radius 3 is 1.92 bits per heavy atom. The van der Waals surface area contributed by atoms with Crippen LogP contribution in [-0.2, 0) is 16.1 Å². The average Bonchev–Trinajstić information content (AvgIpc) is 2.52. The van der Waals surface area contributed by atoms with Crippen LogP contribution in [-0.4, -0.2) is 17.7 Å². The first-order chi connectivity index (χ1) is 11.1. The molecular formula is C17H13ClF3O3-. The van der Waals surface area contributed by atoms with E-state index in [0.29, 0.717) is 17.5 Å². The van der Waals surface area contributed by atoms with Crippen LogP contribution >= 0.6 is 11.6 Å². The number of halogens is 4. The first-order valence-electron chi connectivity index (χ1n) is 6.90. The fraction of sp³-hybridized carbons (Fsp3) is 0.235. The number of alkyl halides is 3. The van der Waals surface area contributed by atoms with E-state index in [1.165, 1.54) is 0 Å². The van der Waals surface area contributed by atoms with E-state index in [0.717, 1.165) is 11.1 Å². The van der Waals surface area contributed by atoms with Gasteiger partial charge in [-0.05, 0) is 35.7 Å². The largest absolute Gasteiger partial charge is 0.547 e. The number of carbonyl (C=O) groups is 1. The molecule has 0 aliphatic carbocycles. The maximum Gasteiger partial charge on any atom is 0.422 e. The molecule has 2 aromatic carbocycles. The van der Waals surface area contributed by atoms with Crippen molar-refractivity contribution in [2.75, 3.05) is 0 Å². The molecular weight excluding hydrogens is 345 g/mol. The molecule has 0 bridgehead atoms. The second-order valence-electron chi connectivity index (χ2n) is 5.31. The van der Waals surface area contributed by atoms with Crippen LogP contribution in [0.2, 0.25) is 5.02 Å². The highest BCUT2D eigenvalue weighted by molar-refractivity contribution is 6.30. The van der Waals surface area contributed by atoms with Gasteiger partial charge in [0.2, 0.25) is 0 Å². The van der Waals surface area contributed by atoms with Crippen LogP contribution in [0.3, 0.4) is 0 Å². The minimum Gasteiger partial charge on any atom is -0.547 e. The van der Waals surface area contributed by atoms with Crippen molar-refractivity contribution in [2.45, 2.75) is 25.3 Å². The average molecular weight is 358 g/mol. The van der Waals surface area contributed by atoms with Crippen LogP contribution in [0.4, 0.5) is 13.2 Å². The van der Waals surface area contributed by atoms with Crippen LogP contribution in [0.15, 0.2) is 48.5 Å². The molecule has 2 rings (SSSR count). The van der Waals surface area contributed by atoms with Crippen molar-refractivity contribution in [3.63, 3.8) is 0 Å². The highest BCUT2D eigenvalue weighted by Gasteiger charge is 2.53. The molecule has 0 aliphatic heterocycles. The molecule has 7 heteroatoms. The summed E-state index contributed by atoms with van der Waals surface area (Å²) >= 11 is 5.81. The van der Waals surface area contributed by atoms with Gasteiger partial charge in [0.1, 0.15) is 0 Å². The smallest absolute Gasteiger partial charge is 0.422 e. The monoisotopic (exact) mass is 357 g/mol. The quantitative estimate of drug-likeness (QED) is 0.821. The van der Waals surface area contributed by atoms with Crippen molar-refractivity contribution in [3.05, 3.63) is 59.1 Å². The molecule has 128 valence electrons. The zero-order chi connectivity index (χ0) is 18.0. The highest BCUT2D eigenvalue weighted by Crippen LogP contribution is 2.34. The molecule has 2 aromatic rings. The summed E-state index contributed by atoms with van der Waals surface area (Å²) in [6, 6.07) is 13.6. The van der Waals surface area contributed by atoms with Gasteiger partial charge in [0, 0.05) is 5.02 Å². The number of carboxylic acids is 1. The molecule has 1 atom stereocenters. The van der Waals surface area contributed by atoms with Gasteiger partial charge in [0.15, 0.2) is 5.60 Å². The summed E-state index contributed by atoms with van der Waals surface area (Å²) in [6.45, 7) is -0.0741. The number of hydrogen-bond acceptors (Lipinski definition) is 3. The number of hydrogen-bond donors (Lipinski definition) is 0. The normalized spacial score (nSPS) is 14.2. The van der Waals surface area contributed by atoms with E-state index < -0.39 is 24.4 Å². The van der Waals surface area contributed by atoms with Crippen molar-refractivity contribution in [2.24, 2.45) is 0 Å². The zero-order valence-corrected chi connectivity index (χ0v) is 13.3. The van der Waals surface area contributed by atoms with Gasteiger partial charge < -0.3 is 14.6 Å². The third kappa shape index (κ3) is 3.88. The first-order valence-corrected chi connectivity index (χ1v) is 7.28. The van der Waals surface area contributed by atoms with Gasteiger partial charge in [-0.25, -0.2) is 0 Å². The molecule has 0 heterocycles. The molecule has 3 nitrogen and oxygen atoms in total. The number of benzene rings is 2. The summed E-state index contributed by atoms with van der Waals surface area (Å²) in [5, 5.41) is 11.4. The summed E-state index contributed by atoms with van der Waals surface area (Å²) in [4.78, 5) is 10.8. The van der Waals surface area contributed by atoms with Crippen molar-refractivity contribution in [1.29, 1.82) is 0 Å². The predicted molar refractivity (Wildman–Crippen MR) is 81.1 cm³/mol. The fourth-order valence-electron chi connectivity index (χ4n) is 1.92. The van der Waals surface area contributed by atoms with Crippen LogP contribution < -0.4 is 5.11 Å². The summed E-state index contributed by atoms with van der Waals surface area (Å²) in [5.74, 6) is -2.33. The van der Waals surface area contributed by atoms with Gasteiger partial charge in [0.05, 0.1) is 12.6 Å². The third-order valence-corrected chi connectivity index (χ3v) is 3.84. The Bertz CT molecular complexity index is 711. The van der Waals surface area contributed by atoms with Gasteiger partial charge in [-0.1, -0.05) is 48.0 Å². The molecule has 0 fully saturated rings. The predicted octanol–water partition coefficient (Wildman–Crippen LogP) is 3.59. The van der Waals surface area contributed by atoms with Crippen molar-refractivity contribution in [1.82, 2.24) is 0 Å². The van der Waals surface area contributed by atoms with Crippen molar-refractivity contribution >= 4 is 17.6 Å². The van der Waals surface area contributed by atoms with Crippen LogP contribution in [0.25, 0.3) is 11.1 Å². The van der Waals surface area contributed by atoms with Crippen LogP contribution in [0, 0.1) is 0 Å². The lowest BCUT2D eigenvalue weighted by molar-refractivity contribution is -0.358. The van der Waals surface area contributed by atoms with Crippen molar-refractivity contribution < 1.29 is 27.8 Å². The molecule has 0 amide bonds. The number of ether oxygens (including phenoxy) is 1. The van der Waals surface area contributed by atoms with Crippen LogP contribution in [0.1, 0.15) is 12.5 Å². The second-order valence-corrected chi connectivity index (χ2v) is 5.75. The maximum atomic E-state index is 12.8. The van der Waals surface area contributed by atoms with Gasteiger partial charge in [0.25, 0.3) is 0 Å². The van der Waals surface area contributed by atoms with E-state index in [4.69, 9.17) is 11.6 Å². The summed E-state index contributed by atoms with van der Waals surface area (Å²) in [7, 11) is 0. The first kappa shape index (κ1) is 18.3. The minimum absolute atomic E-state index is 0.407. The van der Waals surface area contributed by atoms with Gasteiger partial charge in [-0.2, -0.15) is 13.2 Å².